The van der Waals surface area contributed by atoms with E-state index in [1.807, 2.05) is 24.0 Å². The zero-order valence-corrected chi connectivity index (χ0v) is 14.8. The Morgan fingerprint density at radius 1 is 1.04 bits per heavy atom. The number of amides is 1. The van der Waals surface area contributed by atoms with E-state index in [1.165, 1.54) is 11.3 Å². The minimum absolute atomic E-state index is 0.185. The van der Waals surface area contributed by atoms with Crippen molar-refractivity contribution in [2.45, 2.75) is 32.4 Å². The highest BCUT2D eigenvalue weighted by atomic mass is 16.6. The Bertz CT molecular complexity index is 652. The molecule has 1 amide bonds. The highest BCUT2D eigenvalue weighted by molar-refractivity contribution is 5.67. The van der Waals surface area contributed by atoms with Crippen molar-refractivity contribution in [3.8, 4) is 0 Å². The van der Waals surface area contributed by atoms with Crippen molar-refractivity contribution in [1.29, 1.82) is 0 Å². The second kappa shape index (κ2) is 8.56. The highest BCUT2D eigenvalue weighted by Gasteiger charge is 2.27. The van der Waals surface area contributed by atoms with Crippen LogP contribution in [0.25, 0.3) is 0 Å². The predicted octanol–water partition coefficient (Wildman–Crippen LogP) is 4.31. The first-order chi connectivity index (χ1) is 12.3. The van der Waals surface area contributed by atoms with Crippen LogP contribution in [0.1, 0.15) is 25.3 Å². The topological polar surface area (TPSA) is 32.8 Å². The van der Waals surface area contributed by atoms with Crippen molar-refractivity contribution in [1.82, 2.24) is 4.90 Å². The minimum atomic E-state index is -0.185. The van der Waals surface area contributed by atoms with E-state index >= 15 is 0 Å². The molecular formula is C21H26N2O2. The molecule has 0 radical (unpaired) electrons. The molecule has 3 rings (SSSR count). The molecular weight excluding hydrogens is 312 g/mol. The quantitative estimate of drug-likeness (QED) is 0.814. The molecule has 4 nitrogen and oxygen atoms in total. The van der Waals surface area contributed by atoms with Crippen LogP contribution < -0.4 is 4.90 Å². The zero-order chi connectivity index (χ0) is 17.5. The van der Waals surface area contributed by atoms with E-state index in [4.69, 9.17) is 4.74 Å². The van der Waals surface area contributed by atoms with Gasteiger partial charge in [-0.2, -0.15) is 0 Å². The van der Waals surface area contributed by atoms with Crippen LogP contribution in [0.5, 0.6) is 0 Å². The van der Waals surface area contributed by atoms with Crippen LogP contribution in [0.4, 0.5) is 10.5 Å². The van der Waals surface area contributed by atoms with Gasteiger partial charge in [0.1, 0.15) is 0 Å². The third-order valence-electron chi connectivity index (χ3n) is 4.71. The maximum Gasteiger partial charge on any atom is 0.409 e. The number of piperidine rings is 1. The number of rotatable bonds is 5. The molecule has 25 heavy (non-hydrogen) atoms. The summed E-state index contributed by atoms with van der Waals surface area (Å²) in [6, 6.07) is 21.5. The third-order valence-corrected chi connectivity index (χ3v) is 4.71. The van der Waals surface area contributed by atoms with E-state index in [-0.39, 0.29) is 6.09 Å². The van der Waals surface area contributed by atoms with Crippen LogP contribution in [0.15, 0.2) is 60.7 Å². The number of para-hydroxylation sites is 1. The molecule has 2 aromatic carbocycles. The number of hydrogen-bond donors (Lipinski definition) is 0. The van der Waals surface area contributed by atoms with Gasteiger partial charge < -0.3 is 14.5 Å². The molecule has 0 bridgehead atoms. The summed E-state index contributed by atoms with van der Waals surface area (Å²) in [6.45, 7) is 4.67. The number of likely N-dealkylation sites (tertiary alicyclic amines) is 1. The van der Waals surface area contributed by atoms with Crippen molar-refractivity contribution >= 4 is 11.8 Å². The number of carbonyl (C=O) groups is 1. The molecule has 1 aliphatic heterocycles. The maximum absolute atomic E-state index is 11.9. The van der Waals surface area contributed by atoms with E-state index in [1.54, 1.807) is 0 Å². The molecule has 1 aliphatic rings. The number of ether oxygens (including phenoxy) is 1. The molecule has 0 spiro atoms. The summed E-state index contributed by atoms with van der Waals surface area (Å²) in [6.07, 6.45) is 1.73. The third kappa shape index (κ3) is 4.53. The van der Waals surface area contributed by atoms with Gasteiger partial charge in [-0.05, 0) is 37.5 Å². The normalized spacial score (nSPS) is 15.0. The van der Waals surface area contributed by atoms with Crippen LogP contribution in [0, 0.1) is 0 Å². The zero-order valence-electron chi connectivity index (χ0n) is 14.8. The second-order valence-corrected chi connectivity index (χ2v) is 6.37. The average molecular weight is 338 g/mol. The number of anilines is 1. The van der Waals surface area contributed by atoms with E-state index in [9.17, 15) is 4.79 Å². The lowest BCUT2D eigenvalue weighted by molar-refractivity contribution is 0.0967. The fraction of sp³-hybridized carbons (Fsp3) is 0.381. The lowest BCUT2D eigenvalue weighted by Gasteiger charge is -2.39. The maximum atomic E-state index is 11.9. The van der Waals surface area contributed by atoms with E-state index in [0.29, 0.717) is 12.6 Å². The molecule has 1 fully saturated rings. The molecule has 0 unspecified atom stereocenters. The Balaban J connectivity index is 1.71. The summed E-state index contributed by atoms with van der Waals surface area (Å²) in [5.74, 6) is 0. The Hall–Kier alpha value is -2.49. The van der Waals surface area contributed by atoms with Gasteiger partial charge in [0, 0.05) is 31.4 Å². The highest BCUT2D eigenvalue weighted by Crippen LogP contribution is 2.26. The summed E-state index contributed by atoms with van der Waals surface area (Å²) < 4.78 is 5.13. The van der Waals surface area contributed by atoms with Gasteiger partial charge in [0.2, 0.25) is 0 Å². The Labute approximate surface area is 150 Å². The molecule has 4 heteroatoms. The minimum Gasteiger partial charge on any atom is -0.450 e. The van der Waals surface area contributed by atoms with E-state index in [2.05, 4.69) is 53.4 Å². The predicted molar refractivity (Wildman–Crippen MR) is 101 cm³/mol. The average Bonchev–Trinajstić information content (AvgIpc) is 2.68. The van der Waals surface area contributed by atoms with Crippen molar-refractivity contribution in [3.05, 3.63) is 66.2 Å². The summed E-state index contributed by atoms with van der Waals surface area (Å²) in [4.78, 5) is 16.2. The van der Waals surface area contributed by atoms with Crippen molar-refractivity contribution in [2.75, 3.05) is 24.6 Å². The van der Waals surface area contributed by atoms with Gasteiger partial charge in [0.05, 0.1) is 6.61 Å². The molecule has 0 aromatic heterocycles. The second-order valence-electron chi connectivity index (χ2n) is 6.37. The lowest BCUT2D eigenvalue weighted by atomic mass is 10.0. The number of benzene rings is 2. The van der Waals surface area contributed by atoms with E-state index in [0.717, 1.165) is 32.5 Å². The SMILES string of the molecule is CCOC(=O)N1CCC(N(Cc2ccccc2)c2ccccc2)CC1. The fourth-order valence-electron chi connectivity index (χ4n) is 3.41. The van der Waals surface area contributed by atoms with Crippen LogP contribution in [-0.4, -0.2) is 36.7 Å². The standard InChI is InChI=1S/C21H26N2O2/c1-2-25-21(24)22-15-13-20(14-16-22)23(19-11-7-4-8-12-19)17-18-9-5-3-6-10-18/h3-12,20H,2,13-17H2,1H3. The van der Waals surface area contributed by atoms with Crippen LogP contribution in [0.3, 0.4) is 0 Å². The number of nitrogens with zero attached hydrogens (tertiary/aromatic N) is 2. The summed E-state index contributed by atoms with van der Waals surface area (Å²) in [5, 5.41) is 0. The van der Waals surface area contributed by atoms with E-state index < -0.39 is 0 Å². The fourth-order valence-corrected chi connectivity index (χ4v) is 3.41. The Morgan fingerprint density at radius 2 is 1.64 bits per heavy atom. The molecule has 0 aliphatic carbocycles. The first-order valence-corrected chi connectivity index (χ1v) is 9.05. The van der Waals surface area contributed by atoms with Gasteiger partial charge in [-0.15, -0.1) is 0 Å². The lowest BCUT2D eigenvalue weighted by Crippen LogP contribution is -2.46. The van der Waals surface area contributed by atoms with Crippen LogP contribution in [-0.2, 0) is 11.3 Å². The van der Waals surface area contributed by atoms with Gasteiger partial charge in [0.25, 0.3) is 0 Å². The summed E-state index contributed by atoms with van der Waals surface area (Å²) >= 11 is 0. The van der Waals surface area contributed by atoms with Crippen molar-refractivity contribution in [2.24, 2.45) is 0 Å². The van der Waals surface area contributed by atoms with Crippen LogP contribution in [0.2, 0.25) is 0 Å². The Morgan fingerprint density at radius 3 is 2.24 bits per heavy atom. The molecule has 1 saturated heterocycles. The number of carbonyl (C=O) groups excluding carboxylic acids is 1. The van der Waals surface area contributed by atoms with Gasteiger partial charge in [-0.25, -0.2) is 4.79 Å². The molecule has 0 saturated carbocycles. The largest absolute Gasteiger partial charge is 0.450 e. The van der Waals surface area contributed by atoms with Gasteiger partial charge in [-0.1, -0.05) is 48.5 Å². The van der Waals surface area contributed by atoms with Crippen LogP contribution >= 0.6 is 0 Å². The molecule has 132 valence electrons. The van der Waals surface area contributed by atoms with Crippen molar-refractivity contribution in [3.63, 3.8) is 0 Å². The molecule has 1 heterocycles. The number of hydrogen-bond acceptors (Lipinski definition) is 3. The van der Waals surface area contributed by atoms with Gasteiger partial charge in [0.15, 0.2) is 0 Å². The first kappa shape index (κ1) is 17.3. The van der Waals surface area contributed by atoms with Gasteiger partial charge in [-0.3, -0.25) is 0 Å². The molecule has 0 atom stereocenters. The van der Waals surface area contributed by atoms with Gasteiger partial charge >= 0.3 is 6.09 Å². The first-order valence-electron chi connectivity index (χ1n) is 9.05. The summed E-state index contributed by atoms with van der Waals surface area (Å²) in [7, 11) is 0. The molecule has 2 aromatic rings. The smallest absolute Gasteiger partial charge is 0.409 e. The summed E-state index contributed by atoms with van der Waals surface area (Å²) in [5.41, 5.74) is 2.54. The monoisotopic (exact) mass is 338 g/mol. The Kier molecular flexibility index (Phi) is 5.94. The van der Waals surface area contributed by atoms with Crippen molar-refractivity contribution < 1.29 is 9.53 Å². The molecule has 0 N–H and O–H groups in total.